The fraction of sp³-hybridized carbons (Fsp3) is 0.947. The van der Waals surface area contributed by atoms with Gasteiger partial charge in [0.25, 0.3) is 0 Å². The van der Waals surface area contributed by atoms with E-state index in [-0.39, 0.29) is 11.9 Å². The molecule has 0 spiro atoms. The summed E-state index contributed by atoms with van der Waals surface area (Å²) in [5.41, 5.74) is 0. The topological polar surface area (TPSA) is 44.4 Å². The third-order valence-corrected chi connectivity index (χ3v) is 5.16. The Morgan fingerprint density at radius 1 is 1.21 bits per heavy atom. The number of rotatable bonds is 10. The van der Waals surface area contributed by atoms with E-state index >= 15 is 0 Å². The Morgan fingerprint density at radius 2 is 1.79 bits per heavy atom. The molecule has 2 N–H and O–H groups in total. The Morgan fingerprint density at radius 3 is 2.21 bits per heavy atom. The Bertz CT molecular complexity index is 366. The van der Waals surface area contributed by atoms with E-state index in [2.05, 4.69) is 69.7 Å². The minimum Gasteiger partial charge on any atom is -0.353 e. The van der Waals surface area contributed by atoms with Crippen molar-refractivity contribution in [3.63, 3.8) is 0 Å². The summed E-state index contributed by atoms with van der Waals surface area (Å²) in [6, 6.07) is 0.325. The quantitative estimate of drug-likeness (QED) is 0.527. The van der Waals surface area contributed by atoms with Crippen LogP contribution in [0.4, 0.5) is 0 Å². The van der Waals surface area contributed by atoms with Gasteiger partial charge in [-0.2, -0.15) is 12.6 Å². The monoisotopic (exact) mass is 357 g/mol. The zero-order chi connectivity index (χ0) is 18.3. The van der Waals surface area contributed by atoms with Gasteiger partial charge in [0.2, 0.25) is 5.91 Å². The van der Waals surface area contributed by atoms with Crippen molar-refractivity contribution in [2.45, 2.75) is 71.7 Å². The second-order valence-corrected chi connectivity index (χ2v) is 9.04. The second kappa shape index (κ2) is 10.7. The molecule has 0 bridgehead atoms. The molecule has 0 aromatic rings. The third kappa shape index (κ3) is 7.32. The number of hydrogen-bond acceptors (Lipinski definition) is 4. The predicted octanol–water partition coefficient (Wildman–Crippen LogP) is 2.79. The maximum Gasteiger partial charge on any atom is 0.237 e. The van der Waals surface area contributed by atoms with Crippen molar-refractivity contribution in [1.29, 1.82) is 0 Å². The van der Waals surface area contributed by atoms with Gasteiger partial charge < -0.3 is 10.6 Å². The van der Waals surface area contributed by atoms with Gasteiger partial charge in [-0.1, -0.05) is 48.0 Å². The molecule has 0 aromatic heterocycles. The molecule has 1 aliphatic rings. The van der Waals surface area contributed by atoms with E-state index in [9.17, 15) is 4.79 Å². The Labute approximate surface area is 154 Å². The van der Waals surface area contributed by atoms with E-state index in [0.717, 1.165) is 32.5 Å². The van der Waals surface area contributed by atoms with Gasteiger partial charge in [0.05, 0.1) is 6.04 Å². The molecular formula is C19H39N3OS. The van der Waals surface area contributed by atoms with Gasteiger partial charge in [-0.15, -0.1) is 0 Å². The van der Waals surface area contributed by atoms with Gasteiger partial charge in [0.15, 0.2) is 0 Å². The third-order valence-electron chi connectivity index (χ3n) is 4.77. The molecule has 0 aliphatic carbocycles. The number of nitrogens with zero attached hydrogens (tertiary/aromatic N) is 1. The van der Waals surface area contributed by atoms with Crippen LogP contribution in [0.3, 0.4) is 0 Å². The number of hydrogen-bond donors (Lipinski definition) is 3. The Balaban J connectivity index is 2.74. The first kappa shape index (κ1) is 21.8. The van der Waals surface area contributed by atoms with E-state index in [0.29, 0.717) is 35.6 Å². The van der Waals surface area contributed by atoms with E-state index in [1.807, 2.05) is 0 Å². The molecule has 1 rings (SSSR count). The molecule has 1 fully saturated rings. The van der Waals surface area contributed by atoms with Crippen LogP contribution in [0, 0.1) is 17.8 Å². The first-order valence-electron chi connectivity index (χ1n) is 9.67. The van der Waals surface area contributed by atoms with Gasteiger partial charge in [0.1, 0.15) is 0 Å². The molecule has 0 aromatic carbocycles. The van der Waals surface area contributed by atoms with Crippen LogP contribution in [0.1, 0.15) is 54.4 Å². The summed E-state index contributed by atoms with van der Waals surface area (Å²) in [7, 11) is 0. The van der Waals surface area contributed by atoms with Gasteiger partial charge in [-0.25, -0.2) is 0 Å². The van der Waals surface area contributed by atoms with Gasteiger partial charge in [0, 0.05) is 37.5 Å². The van der Waals surface area contributed by atoms with Crippen LogP contribution in [0.15, 0.2) is 0 Å². The lowest BCUT2D eigenvalue weighted by Gasteiger charge is -2.36. The molecule has 1 aliphatic heterocycles. The zero-order valence-electron chi connectivity index (χ0n) is 16.5. The maximum atomic E-state index is 13.0. The van der Waals surface area contributed by atoms with Crippen molar-refractivity contribution in [3.05, 3.63) is 0 Å². The fourth-order valence-corrected chi connectivity index (χ4v) is 3.89. The summed E-state index contributed by atoms with van der Waals surface area (Å²) in [5, 5.41) is 7.06. The molecule has 1 heterocycles. The van der Waals surface area contributed by atoms with Crippen LogP contribution < -0.4 is 10.6 Å². The largest absolute Gasteiger partial charge is 0.353 e. The van der Waals surface area contributed by atoms with E-state index in [4.69, 9.17) is 0 Å². The first-order valence-corrected chi connectivity index (χ1v) is 10.2. The molecule has 1 saturated heterocycles. The molecule has 24 heavy (non-hydrogen) atoms. The van der Waals surface area contributed by atoms with Crippen LogP contribution in [0.2, 0.25) is 0 Å². The lowest BCUT2D eigenvalue weighted by atomic mass is 9.94. The number of thiol groups is 1. The Kier molecular flexibility index (Phi) is 9.68. The van der Waals surface area contributed by atoms with Crippen molar-refractivity contribution < 1.29 is 4.79 Å². The van der Waals surface area contributed by atoms with Crippen molar-refractivity contribution in [2.75, 3.05) is 26.2 Å². The number of amides is 1. The first-order chi connectivity index (χ1) is 11.2. The molecule has 2 unspecified atom stereocenters. The highest BCUT2D eigenvalue weighted by Crippen LogP contribution is 2.19. The zero-order valence-corrected chi connectivity index (χ0v) is 17.4. The predicted molar refractivity (Wildman–Crippen MR) is 107 cm³/mol. The summed E-state index contributed by atoms with van der Waals surface area (Å²) in [5.74, 6) is 1.67. The molecule has 0 saturated carbocycles. The average molecular weight is 358 g/mol. The molecular weight excluding hydrogens is 318 g/mol. The molecule has 1 amide bonds. The highest BCUT2D eigenvalue weighted by atomic mass is 32.1. The highest BCUT2D eigenvalue weighted by Gasteiger charge is 2.32. The van der Waals surface area contributed by atoms with Crippen LogP contribution in [0.5, 0.6) is 0 Å². The van der Waals surface area contributed by atoms with Crippen molar-refractivity contribution >= 4 is 18.5 Å². The van der Waals surface area contributed by atoms with Gasteiger partial charge >= 0.3 is 0 Å². The molecule has 5 heteroatoms. The summed E-state index contributed by atoms with van der Waals surface area (Å²) < 4.78 is 0. The smallest absolute Gasteiger partial charge is 0.237 e. The van der Waals surface area contributed by atoms with Crippen molar-refractivity contribution in [3.8, 4) is 0 Å². The normalized spacial score (nSPS) is 23.9. The lowest BCUT2D eigenvalue weighted by Crippen LogP contribution is -2.54. The lowest BCUT2D eigenvalue weighted by molar-refractivity contribution is -0.129. The van der Waals surface area contributed by atoms with E-state index in [1.54, 1.807) is 0 Å². The molecule has 4 nitrogen and oxygen atoms in total. The number of carbonyl (C=O) groups is 1. The van der Waals surface area contributed by atoms with E-state index < -0.39 is 0 Å². The second-order valence-electron chi connectivity index (χ2n) is 8.31. The average Bonchev–Trinajstić information content (AvgIpc) is 2.89. The highest BCUT2D eigenvalue weighted by molar-refractivity contribution is 7.81. The minimum absolute atomic E-state index is 0.0343. The minimum atomic E-state index is -0.0343. The van der Waals surface area contributed by atoms with Crippen LogP contribution >= 0.6 is 12.6 Å². The molecule has 4 atom stereocenters. The summed E-state index contributed by atoms with van der Waals surface area (Å²) >= 11 is 4.51. The SMILES string of the molecule is CC[C@H](C)[C@@H](C(=O)NCC1CC(S)CN1)N(CC(C)C)CC(C)C. The standard InChI is InChI=1S/C19H39N3OS/c1-7-15(6)18(22(11-13(2)3)12-14(4)5)19(23)21-9-16-8-17(24)10-20-16/h13-18,20,24H,7-12H2,1-6H3,(H,21,23)/t15-,16?,17?,18-/m0/s1. The van der Waals surface area contributed by atoms with Gasteiger partial charge in [-0.3, -0.25) is 9.69 Å². The number of carbonyl (C=O) groups excluding carboxylic acids is 1. The molecule has 0 radical (unpaired) electrons. The number of nitrogens with one attached hydrogen (secondary N) is 2. The van der Waals surface area contributed by atoms with Gasteiger partial charge in [-0.05, 0) is 24.2 Å². The maximum absolute atomic E-state index is 13.0. The summed E-state index contributed by atoms with van der Waals surface area (Å²) in [4.78, 5) is 15.4. The fourth-order valence-electron chi connectivity index (χ4n) is 3.53. The Hall–Kier alpha value is -0.260. The van der Waals surface area contributed by atoms with Crippen molar-refractivity contribution in [2.24, 2.45) is 17.8 Å². The van der Waals surface area contributed by atoms with E-state index in [1.165, 1.54) is 0 Å². The summed E-state index contributed by atoms with van der Waals surface area (Å²) in [6.07, 6.45) is 2.05. The summed E-state index contributed by atoms with van der Waals surface area (Å²) in [6.45, 7) is 16.9. The van der Waals surface area contributed by atoms with Crippen LogP contribution in [-0.4, -0.2) is 54.3 Å². The van der Waals surface area contributed by atoms with Crippen LogP contribution in [-0.2, 0) is 4.79 Å². The molecule has 142 valence electrons. The van der Waals surface area contributed by atoms with Crippen molar-refractivity contribution in [1.82, 2.24) is 15.5 Å². The van der Waals surface area contributed by atoms with Crippen LogP contribution in [0.25, 0.3) is 0 Å².